The van der Waals surface area contributed by atoms with Crippen molar-refractivity contribution >= 4 is 6.08 Å². The van der Waals surface area contributed by atoms with Gasteiger partial charge in [0.15, 0.2) is 0 Å². The summed E-state index contributed by atoms with van der Waals surface area (Å²) in [5.74, 6) is 0. The maximum Gasteiger partial charge on any atom is 0.126 e. The van der Waals surface area contributed by atoms with Crippen LogP contribution in [-0.2, 0) is 0 Å². The normalized spacial score (nSPS) is 19.5. The molecule has 0 aliphatic heterocycles. The van der Waals surface area contributed by atoms with Crippen LogP contribution in [0.25, 0.3) is 6.08 Å². The Morgan fingerprint density at radius 3 is 2.86 bits per heavy atom. The molecule has 0 fully saturated rings. The zero-order chi connectivity index (χ0) is 15.3. The van der Waals surface area contributed by atoms with E-state index in [-0.39, 0.29) is 5.41 Å². The molecule has 0 aromatic heterocycles. The topological polar surface area (TPSA) is 26.0 Å². The van der Waals surface area contributed by atoms with Gasteiger partial charge in [0, 0.05) is 0 Å². The number of hydrogen-bond acceptors (Lipinski definition) is 1. The molecule has 21 heavy (non-hydrogen) atoms. The Bertz CT molecular complexity index is 528. The van der Waals surface area contributed by atoms with Gasteiger partial charge in [-0.05, 0) is 60.4 Å². The Labute approximate surface area is 127 Å². The fourth-order valence-corrected chi connectivity index (χ4v) is 2.87. The summed E-state index contributed by atoms with van der Waals surface area (Å²) in [5, 5.41) is 0. The maximum absolute atomic E-state index is 13.9. The van der Waals surface area contributed by atoms with E-state index in [9.17, 15) is 4.39 Å². The zero-order valence-corrected chi connectivity index (χ0v) is 13.1. The third-order valence-electron chi connectivity index (χ3n) is 4.30. The molecule has 1 nitrogen and oxygen atoms in total. The van der Waals surface area contributed by atoms with Crippen LogP contribution in [0.4, 0.5) is 4.39 Å². The van der Waals surface area contributed by atoms with E-state index in [0.717, 1.165) is 17.5 Å². The molecule has 1 aromatic carbocycles. The molecule has 1 aromatic rings. The van der Waals surface area contributed by atoms with Crippen LogP contribution in [0.3, 0.4) is 0 Å². The molecule has 0 radical (unpaired) electrons. The zero-order valence-electron chi connectivity index (χ0n) is 13.1. The summed E-state index contributed by atoms with van der Waals surface area (Å²) in [4.78, 5) is 0. The molecular weight excluding hydrogens is 261 g/mol. The minimum atomic E-state index is -0.964. The predicted octanol–water partition coefficient (Wildman–Crippen LogP) is 5.20. The molecule has 1 aliphatic carbocycles. The first kappa shape index (κ1) is 16.0. The van der Waals surface area contributed by atoms with Crippen molar-refractivity contribution < 1.29 is 4.39 Å². The predicted molar refractivity (Wildman–Crippen MR) is 88.7 cm³/mol. The van der Waals surface area contributed by atoms with E-state index in [0.29, 0.717) is 13.0 Å². The average Bonchev–Trinajstić information content (AvgIpc) is 2.46. The Morgan fingerprint density at radius 1 is 1.33 bits per heavy atom. The molecule has 2 rings (SSSR count). The Morgan fingerprint density at radius 2 is 2.14 bits per heavy atom. The largest absolute Gasteiger partial charge is 0.330 e. The second-order valence-electron chi connectivity index (χ2n) is 6.48. The van der Waals surface area contributed by atoms with Crippen molar-refractivity contribution in [3.05, 3.63) is 53.1 Å². The van der Waals surface area contributed by atoms with Crippen molar-refractivity contribution in [2.45, 2.75) is 45.7 Å². The van der Waals surface area contributed by atoms with E-state index in [1.54, 1.807) is 0 Å². The number of halogens is 1. The van der Waals surface area contributed by atoms with Gasteiger partial charge in [0.2, 0.25) is 0 Å². The van der Waals surface area contributed by atoms with E-state index >= 15 is 0 Å². The van der Waals surface area contributed by atoms with Crippen LogP contribution in [0.15, 0.2) is 42.0 Å². The van der Waals surface area contributed by atoms with Crippen molar-refractivity contribution in [3.8, 4) is 0 Å². The van der Waals surface area contributed by atoms with E-state index in [4.69, 9.17) is 5.73 Å². The van der Waals surface area contributed by atoms with Gasteiger partial charge < -0.3 is 5.73 Å². The molecule has 0 saturated carbocycles. The number of benzene rings is 1. The third kappa shape index (κ3) is 4.28. The Kier molecular flexibility index (Phi) is 5.35. The Balaban J connectivity index is 2.14. The second kappa shape index (κ2) is 7.04. The highest BCUT2D eigenvalue weighted by molar-refractivity contribution is 5.55. The van der Waals surface area contributed by atoms with Crippen molar-refractivity contribution in [1.82, 2.24) is 0 Å². The molecular formula is C19H26FN. The van der Waals surface area contributed by atoms with Crippen molar-refractivity contribution in [1.29, 1.82) is 0 Å². The smallest absolute Gasteiger partial charge is 0.126 e. The quantitative estimate of drug-likeness (QED) is 0.791. The van der Waals surface area contributed by atoms with Crippen LogP contribution in [0, 0.1) is 5.41 Å². The molecule has 114 valence electrons. The SMILES string of the molecule is CC1(C)CCCC=C1/C=C/c1cccc(C(F)CCN)c1. The van der Waals surface area contributed by atoms with Gasteiger partial charge in [0.05, 0.1) is 0 Å². The first-order valence-electron chi connectivity index (χ1n) is 7.86. The van der Waals surface area contributed by atoms with Crippen molar-refractivity contribution in [2.75, 3.05) is 6.54 Å². The molecule has 1 aliphatic rings. The number of rotatable bonds is 5. The molecule has 0 amide bonds. The Hall–Kier alpha value is -1.41. The lowest BCUT2D eigenvalue weighted by atomic mass is 9.75. The van der Waals surface area contributed by atoms with E-state index in [2.05, 4.69) is 32.1 Å². The van der Waals surface area contributed by atoms with E-state index in [1.807, 2.05) is 24.3 Å². The number of nitrogens with two attached hydrogens (primary N) is 1. The van der Waals surface area contributed by atoms with Crippen LogP contribution in [0.5, 0.6) is 0 Å². The highest BCUT2D eigenvalue weighted by Gasteiger charge is 2.23. The average molecular weight is 287 g/mol. The molecule has 2 heteroatoms. The van der Waals surface area contributed by atoms with Crippen LogP contribution < -0.4 is 5.73 Å². The van der Waals surface area contributed by atoms with Crippen LogP contribution in [0.1, 0.15) is 56.8 Å². The number of allylic oxidation sites excluding steroid dienone is 3. The first-order chi connectivity index (χ1) is 10.0. The highest BCUT2D eigenvalue weighted by atomic mass is 19.1. The molecule has 0 saturated heterocycles. The van der Waals surface area contributed by atoms with Crippen LogP contribution in [0.2, 0.25) is 0 Å². The van der Waals surface area contributed by atoms with Gasteiger partial charge in [-0.1, -0.05) is 50.3 Å². The number of hydrogen-bond donors (Lipinski definition) is 1. The molecule has 0 heterocycles. The lowest BCUT2D eigenvalue weighted by molar-refractivity contribution is 0.327. The lowest BCUT2D eigenvalue weighted by Crippen LogP contribution is -2.16. The molecule has 0 spiro atoms. The highest BCUT2D eigenvalue weighted by Crippen LogP contribution is 2.37. The number of alkyl halides is 1. The van der Waals surface area contributed by atoms with Gasteiger partial charge in [-0.15, -0.1) is 0 Å². The minimum absolute atomic E-state index is 0.245. The van der Waals surface area contributed by atoms with Crippen LogP contribution in [-0.4, -0.2) is 6.54 Å². The molecule has 1 atom stereocenters. The lowest BCUT2D eigenvalue weighted by Gasteiger charge is -2.30. The van der Waals surface area contributed by atoms with Gasteiger partial charge in [0.1, 0.15) is 6.17 Å². The van der Waals surface area contributed by atoms with Crippen LogP contribution >= 0.6 is 0 Å². The van der Waals surface area contributed by atoms with Gasteiger partial charge in [0.25, 0.3) is 0 Å². The summed E-state index contributed by atoms with van der Waals surface area (Å²) in [7, 11) is 0. The summed E-state index contributed by atoms with van der Waals surface area (Å²) >= 11 is 0. The summed E-state index contributed by atoms with van der Waals surface area (Å²) in [5.41, 5.74) is 8.83. The van der Waals surface area contributed by atoms with Gasteiger partial charge in [-0.2, -0.15) is 0 Å². The van der Waals surface area contributed by atoms with Gasteiger partial charge in [-0.25, -0.2) is 4.39 Å². The first-order valence-corrected chi connectivity index (χ1v) is 7.86. The molecule has 0 bridgehead atoms. The summed E-state index contributed by atoms with van der Waals surface area (Å²) < 4.78 is 13.9. The van der Waals surface area contributed by atoms with Crippen molar-refractivity contribution in [3.63, 3.8) is 0 Å². The summed E-state index contributed by atoms with van der Waals surface area (Å²) in [6.45, 7) is 4.96. The van der Waals surface area contributed by atoms with Gasteiger partial charge in [-0.3, -0.25) is 0 Å². The van der Waals surface area contributed by atoms with Crippen molar-refractivity contribution in [2.24, 2.45) is 11.1 Å². The third-order valence-corrected chi connectivity index (χ3v) is 4.30. The molecule has 2 N–H and O–H groups in total. The van der Waals surface area contributed by atoms with Gasteiger partial charge >= 0.3 is 0 Å². The van der Waals surface area contributed by atoms with E-state index < -0.39 is 6.17 Å². The maximum atomic E-state index is 13.9. The monoisotopic (exact) mass is 287 g/mol. The fraction of sp³-hybridized carbons (Fsp3) is 0.474. The fourth-order valence-electron chi connectivity index (χ4n) is 2.87. The standard InChI is InChI=1S/C19H26FN/c1-19(2)12-4-3-8-17(19)10-9-15-6-5-7-16(14-15)18(20)11-13-21/h5-10,14,18H,3-4,11-13,21H2,1-2H3/b10-9+. The minimum Gasteiger partial charge on any atom is -0.330 e. The second-order valence-corrected chi connectivity index (χ2v) is 6.48. The summed E-state index contributed by atoms with van der Waals surface area (Å²) in [6, 6.07) is 7.69. The summed E-state index contributed by atoms with van der Waals surface area (Å²) in [6.07, 6.45) is 9.68. The van der Waals surface area contributed by atoms with E-state index in [1.165, 1.54) is 18.4 Å². The molecule has 1 unspecified atom stereocenters.